The van der Waals surface area contributed by atoms with Gasteiger partial charge < -0.3 is 21.5 Å². The van der Waals surface area contributed by atoms with Gasteiger partial charge in [-0.2, -0.15) is 13.2 Å². The summed E-state index contributed by atoms with van der Waals surface area (Å²) in [6.45, 7) is 0.961. The van der Waals surface area contributed by atoms with E-state index >= 15 is 0 Å². The van der Waals surface area contributed by atoms with E-state index in [1.165, 1.54) is 30.5 Å². The van der Waals surface area contributed by atoms with E-state index in [9.17, 15) is 18.0 Å². The summed E-state index contributed by atoms with van der Waals surface area (Å²) in [5, 5.41) is 14.9. The third-order valence-corrected chi connectivity index (χ3v) is 5.09. The number of nitrogens with zero attached hydrogens (tertiary/aromatic N) is 3. The number of aromatic nitrogens is 3. The van der Waals surface area contributed by atoms with Crippen LogP contribution >= 0.6 is 11.3 Å². The summed E-state index contributed by atoms with van der Waals surface area (Å²) in [7, 11) is 0. The molecule has 12 heteroatoms. The van der Waals surface area contributed by atoms with Gasteiger partial charge in [0.15, 0.2) is 10.8 Å². The molecule has 0 aliphatic heterocycles. The molecule has 0 amide bonds. The standard InChI is InChI=1S/C19H19F3N6O2S/c20-19(21,22)15-14(31-18(28-15)25-8-2-1-7-23)13-6-9-24-17(27-13)26-12-5-3-4-11(10-12)16(29)30/h3-6,9-10H,1-2,7-8,23H2,(H,25,28)(H,29,30)(H,24,26,27). The minimum atomic E-state index is -4.66. The second-order valence-corrected chi connectivity index (χ2v) is 7.39. The van der Waals surface area contributed by atoms with Crippen molar-refractivity contribution in [3.8, 4) is 10.6 Å². The van der Waals surface area contributed by atoms with Crippen molar-refractivity contribution < 1.29 is 23.1 Å². The van der Waals surface area contributed by atoms with Gasteiger partial charge >= 0.3 is 12.1 Å². The molecule has 0 fully saturated rings. The number of benzene rings is 1. The quantitative estimate of drug-likeness (QED) is 0.356. The Bertz CT molecular complexity index is 1060. The lowest BCUT2D eigenvalue weighted by atomic mass is 10.2. The van der Waals surface area contributed by atoms with Crippen molar-refractivity contribution >= 4 is 34.1 Å². The number of aromatic carboxylic acids is 1. The molecule has 0 unspecified atom stereocenters. The molecule has 0 bridgehead atoms. The van der Waals surface area contributed by atoms with Crippen LogP contribution < -0.4 is 16.4 Å². The molecule has 0 atom stereocenters. The average molecular weight is 452 g/mol. The summed E-state index contributed by atoms with van der Waals surface area (Å²) in [5.41, 5.74) is 4.88. The maximum absolute atomic E-state index is 13.5. The Kier molecular flexibility index (Phi) is 7.02. The van der Waals surface area contributed by atoms with Crippen LogP contribution in [0.4, 0.5) is 29.9 Å². The lowest BCUT2D eigenvalue weighted by Crippen LogP contribution is -2.09. The molecule has 0 spiro atoms. The topological polar surface area (TPSA) is 126 Å². The van der Waals surface area contributed by atoms with Crippen molar-refractivity contribution in [1.82, 2.24) is 15.0 Å². The van der Waals surface area contributed by atoms with Gasteiger partial charge in [0.2, 0.25) is 5.95 Å². The van der Waals surface area contributed by atoms with Gasteiger partial charge in [0, 0.05) is 18.4 Å². The first-order valence-corrected chi connectivity index (χ1v) is 10.1. The molecular formula is C19H19F3N6O2S. The molecule has 5 N–H and O–H groups in total. The van der Waals surface area contributed by atoms with Gasteiger partial charge in [0.1, 0.15) is 0 Å². The average Bonchev–Trinajstić information content (AvgIpc) is 3.17. The molecule has 164 valence electrons. The summed E-state index contributed by atoms with van der Waals surface area (Å²) >= 11 is 0.850. The highest BCUT2D eigenvalue weighted by atomic mass is 32.1. The Morgan fingerprint density at radius 1 is 1.19 bits per heavy atom. The van der Waals surface area contributed by atoms with Crippen LogP contribution in [0.2, 0.25) is 0 Å². The number of hydrogen-bond donors (Lipinski definition) is 4. The van der Waals surface area contributed by atoms with Gasteiger partial charge in [-0.15, -0.1) is 0 Å². The number of hydrogen-bond acceptors (Lipinski definition) is 8. The van der Waals surface area contributed by atoms with Crippen LogP contribution in [0.3, 0.4) is 0 Å². The Morgan fingerprint density at radius 3 is 2.71 bits per heavy atom. The molecule has 1 aromatic carbocycles. The number of carboxylic acid groups (broad SMARTS) is 1. The maximum Gasteiger partial charge on any atom is 0.434 e. The third-order valence-electron chi connectivity index (χ3n) is 4.06. The van der Waals surface area contributed by atoms with E-state index in [0.29, 0.717) is 25.2 Å². The van der Waals surface area contributed by atoms with E-state index in [2.05, 4.69) is 25.6 Å². The van der Waals surface area contributed by atoms with Gasteiger partial charge in [0.05, 0.1) is 16.1 Å². The monoisotopic (exact) mass is 452 g/mol. The zero-order valence-corrected chi connectivity index (χ0v) is 16.9. The van der Waals surface area contributed by atoms with Crippen molar-refractivity contribution in [3.63, 3.8) is 0 Å². The highest BCUT2D eigenvalue weighted by Crippen LogP contribution is 2.41. The number of carbonyl (C=O) groups is 1. The van der Waals surface area contributed by atoms with Crippen molar-refractivity contribution in [3.05, 3.63) is 47.8 Å². The molecule has 0 aliphatic rings. The van der Waals surface area contributed by atoms with Crippen LogP contribution in [0.25, 0.3) is 10.6 Å². The van der Waals surface area contributed by atoms with Crippen molar-refractivity contribution in [2.45, 2.75) is 19.0 Å². The number of alkyl halides is 3. The first kappa shape index (κ1) is 22.4. The number of nitrogens with one attached hydrogen (secondary N) is 2. The Hall–Kier alpha value is -3.25. The molecule has 0 aliphatic carbocycles. The lowest BCUT2D eigenvalue weighted by Gasteiger charge is -2.08. The zero-order chi connectivity index (χ0) is 22.4. The molecule has 0 saturated carbocycles. The van der Waals surface area contributed by atoms with Gasteiger partial charge in [-0.3, -0.25) is 0 Å². The highest BCUT2D eigenvalue weighted by Gasteiger charge is 2.38. The SMILES string of the molecule is NCCCCNc1nc(C(F)(F)F)c(-c2ccnc(Nc3cccc(C(=O)O)c3)n2)s1. The minimum absolute atomic E-state index is 0.0269. The van der Waals surface area contributed by atoms with E-state index in [1.807, 2.05) is 0 Å². The van der Waals surface area contributed by atoms with Crippen molar-refractivity contribution in [2.75, 3.05) is 23.7 Å². The Labute approximate surface area is 179 Å². The minimum Gasteiger partial charge on any atom is -0.478 e. The fourth-order valence-corrected chi connectivity index (χ4v) is 3.61. The van der Waals surface area contributed by atoms with Gasteiger partial charge in [-0.05, 0) is 43.7 Å². The van der Waals surface area contributed by atoms with Gasteiger partial charge in [-0.25, -0.2) is 19.7 Å². The molecule has 3 rings (SSSR count). The van der Waals surface area contributed by atoms with Crippen LogP contribution in [0.15, 0.2) is 36.5 Å². The summed E-state index contributed by atoms with van der Waals surface area (Å²) < 4.78 is 40.6. The fourth-order valence-electron chi connectivity index (χ4n) is 2.63. The number of halogens is 3. The summed E-state index contributed by atoms with van der Waals surface area (Å²) in [6.07, 6.45) is -1.87. The predicted molar refractivity (Wildman–Crippen MR) is 112 cm³/mol. The highest BCUT2D eigenvalue weighted by molar-refractivity contribution is 7.19. The van der Waals surface area contributed by atoms with Crippen LogP contribution in [-0.4, -0.2) is 39.1 Å². The molecular weight excluding hydrogens is 433 g/mol. The molecule has 2 heterocycles. The van der Waals surface area contributed by atoms with E-state index in [0.717, 1.165) is 17.8 Å². The molecule has 8 nitrogen and oxygen atoms in total. The van der Waals surface area contributed by atoms with Gasteiger partial charge in [0.25, 0.3) is 0 Å². The molecule has 31 heavy (non-hydrogen) atoms. The fraction of sp³-hybridized carbons (Fsp3) is 0.263. The normalized spacial score (nSPS) is 11.4. The largest absolute Gasteiger partial charge is 0.478 e. The Balaban J connectivity index is 1.87. The van der Waals surface area contributed by atoms with E-state index in [4.69, 9.17) is 10.8 Å². The summed E-state index contributed by atoms with van der Waals surface area (Å²) in [4.78, 5) is 22.8. The number of thiazole rings is 1. The molecule has 0 radical (unpaired) electrons. The van der Waals surface area contributed by atoms with Gasteiger partial charge in [-0.1, -0.05) is 17.4 Å². The van der Waals surface area contributed by atoms with E-state index < -0.39 is 17.8 Å². The first-order chi connectivity index (χ1) is 14.8. The number of unbranched alkanes of at least 4 members (excludes halogenated alkanes) is 1. The molecule has 0 saturated heterocycles. The second kappa shape index (κ2) is 9.71. The number of nitrogens with two attached hydrogens (primary N) is 1. The van der Waals surface area contributed by atoms with Crippen LogP contribution in [-0.2, 0) is 6.18 Å². The van der Waals surface area contributed by atoms with Crippen LogP contribution in [0.1, 0.15) is 28.9 Å². The first-order valence-electron chi connectivity index (χ1n) is 9.23. The zero-order valence-electron chi connectivity index (χ0n) is 16.1. The number of anilines is 3. The van der Waals surface area contributed by atoms with Crippen LogP contribution in [0, 0.1) is 0 Å². The maximum atomic E-state index is 13.5. The smallest absolute Gasteiger partial charge is 0.434 e. The second-order valence-electron chi connectivity index (χ2n) is 6.39. The Morgan fingerprint density at radius 2 is 2.00 bits per heavy atom. The summed E-state index contributed by atoms with van der Waals surface area (Å²) in [5.74, 6) is -1.08. The van der Waals surface area contributed by atoms with Crippen LogP contribution in [0.5, 0.6) is 0 Å². The van der Waals surface area contributed by atoms with Crippen molar-refractivity contribution in [1.29, 1.82) is 0 Å². The van der Waals surface area contributed by atoms with Crippen molar-refractivity contribution in [2.24, 2.45) is 5.73 Å². The summed E-state index contributed by atoms with van der Waals surface area (Å²) in [6, 6.07) is 7.28. The van der Waals surface area contributed by atoms with E-state index in [-0.39, 0.29) is 27.2 Å². The molecule has 3 aromatic rings. The lowest BCUT2D eigenvalue weighted by molar-refractivity contribution is -0.140. The number of carboxylic acids is 1. The number of rotatable bonds is 9. The molecule has 2 aromatic heterocycles. The third kappa shape index (κ3) is 5.89. The predicted octanol–water partition coefficient (Wildman–Crippen LogP) is 4.21. The van der Waals surface area contributed by atoms with E-state index in [1.54, 1.807) is 6.07 Å².